The topological polar surface area (TPSA) is 110 Å². The Balaban J connectivity index is 0.000000638. The molecule has 6 nitrogen and oxygen atoms in total. The maximum absolute atomic E-state index is 15.2. The molecule has 0 spiro atoms. The van der Waals surface area contributed by atoms with E-state index in [0.29, 0.717) is 6.42 Å². The molecule has 1 aliphatic rings. The lowest BCUT2D eigenvalue weighted by molar-refractivity contribution is -0.192. The van der Waals surface area contributed by atoms with Crippen LogP contribution in [-0.4, -0.2) is 40.4 Å². The van der Waals surface area contributed by atoms with E-state index in [2.05, 4.69) is 11.4 Å². The Labute approximate surface area is 225 Å². The van der Waals surface area contributed by atoms with Gasteiger partial charge in [0.15, 0.2) is 0 Å². The molecule has 1 aliphatic heterocycles. The molecule has 13 heteroatoms. The molecule has 0 unspecified atom stereocenters. The highest BCUT2D eigenvalue weighted by atomic mass is 35.5. The van der Waals surface area contributed by atoms with Crippen molar-refractivity contribution in [1.29, 1.82) is 5.26 Å². The molecule has 0 amide bonds. The Morgan fingerprint density at radius 3 is 2.05 bits per heavy atom. The summed E-state index contributed by atoms with van der Waals surface area (Å²) < 4.78 is 61.2. The number of alkyl halides is 3. The zero-order chi connectivity index (χ0) is 29.2. The number of hydrogen-bond acceptors (Lipinski definition) is 4. The van der Waals surface area contributed by atoms with Gasteiger partial charge < -0.3 is 10.2 Å². The molecule has 1 saturated heterocycles. The summed E-state index contributed by atoms with van der Waals surface area (Å²) in [6, 6.07) is 7.83. The number of aliphatic carboxylic acids is 2. The number of nitrogens with one attached hydrogen (secondary N) is 1. The molecule has 0 aromatic heterocycles. The normalized spacial score (nSPS) is 23.2. The van der Waals surface area contributed by atoms with E-state index < -0.39 is 53.2 Å². The molecule has 3 N–H and O–H groups in total. The van der Waals surface area contributed by atoms with Crippen molar-refractivity contribution in [3.8, 4) is 6.07 Å². The molecule has 2 aromatic carbocycles. The molecule has 1 fully saturated rings. The number of carboxylic acid groups (broad SMARTS) is 2. The van der Waals surface area contributed by atoms with Gasteiger partial charge in [-0.3, -0.25) is 10.1 Å². The molecular weight excluding hydrogens is 558 g/mol. The van der Waals surface area contributed by atoms with Gasteiger partial charge in [-0.05, 0) is 47.7 Å². The van der Waals surface area contributed by atoms with Crippen molar-refractivity contribution < 1.29 is 41.8 Å². The van der Waals surface area contributed by atoms with Gasteiger partial charge in [-0.25, -0.2) is 13.6 Å². The van der Waals surface area contributed by atoms with E-state index in [9.17, 15) is 32.7 Å². The summed E-state index contributed by atoms with van der Waals surface area (Å²) in [5.74, 6) is -6.49. The molecule has 206 valence electrons. The minimum Gasteiger partial charge on any atom is -0.480 e. The third kappa shape index (κ3) is 6.92. The van der Waals surface area contributed by atoms with Crippen LogP contribution in [0.5, 0.6) is 0 Å². The van der Waals surface area contributed by atoms with Crippen molar-refractivity contribution in [2.75, 3.05) is 0 Å². The minimum absolute atomic E-state index is 0.00952. The smallest absolute Gasteiger partial charge is 0.480 e. The molecule has 4 atom stereocenters. The summed E-state index contributed by atoms with van der Waals surface area (Å²) >= 11 is 12.0. The molecular formula is C25H23Cl2F5N2O4. The van der Waals surface area contributed by atoms with E-state index >= 15 is 4.39 Å². The molecule has 1 heterocycles. The Hall–Kier alpha value is -2.94. The molecule has 0 aliphatic carbocycles. The minimum atomic E-state index is -5.08. The fourth-order valence-electron chi connectivity index (χ4n) is 4.57. The average Bonchev–Trinajstić information content (AvgIpc) is 3.06. The van der Waals surface area contributed by atoms with Gasteiger partial charge in [0.2, 0.25) is 0 Å². The van der Waals surface area contributed by atoms with Crippen LogP contribution in [0.3, 0.4) is 0 Å². The van der Waals surface area contributed by atoms with Crippen molar-refractivity contribution in [3.05, 3.63) is 69.2 Å². The molecule has 0 saturated carbocycles. The highest BCUT2D eigenvalue weighted by Gasteiger charge is 2.60. The SMILES string of the molecule is CC(C)(C)C[C@@H]1N[C@@H](C(=O)O)[C@H](c2cc(F)cc(Cl)c2)[C@@]1(C#N)c1ccc(Cl)cc1F.O=C(O)C(F)(F)F. The molecule has 0 radical (unpaired) electrons. The summed E-state index contributed by atoms with van der Waals surface area (Å²) in [6.45, 7) is 5.82. The van der Waals surface area contributed by atoms with E-state index in [1.807, 2.05) is 20.8 Å². The monoisotopic (exact) mass is 580 g/mol. The second-order valence-electron chi connectivity index (χ2n) is 9.89. The third-order valence-corrected chi connectivity index (χ3v) is 6.34. The zero-order valence-corrected chi connectivity index (χ0v) is 21.7. The van der Waals surface area contributed by atoms with Gasteiger partial charge in [0.25, 0.3) is 0 Å². The van der Waals surface area contributed by atoms with Crippen LogP contribution in [0.15, 0.2) is 36.4 Å². The van der Waals surface area contributed by atoms with E-state index in [4.69, 9.17) is 33.1 Å². The van der Waals surface area contributed by atoms with E-state index in [1.54, 1.807) is 0 Å². The second-order valence-corrected chi connectivity index (χ2v) is 10.8. The zero-order valence-electron chi connectivity index (χ0n) is 20.2. The summed E-state index contributed by atoms with van der Waals surface area (Å²) in [6.07, 6.45) is -4.72. The summed E-state index contributed by atoms with van der Waals surface area (Å²) in [7, 11) is 0. The number of hydrogen-bond donors (Lipinski definition) is 3. The van der Waals surface area contributed by atoms with Crippen molar-refractivity contribution in [3.63, 3.8) is 0 Å². The number of carboxylic acids is 2. The predicted octanol–water partition coefficient (Wildman–Crippen LogP) is 6.31. The predicted molar refractivity (Wildman–Crippen MR) is 129 cm³/mol. The van der Waals surface area contributed by atoms with Crippen LogP contribution < -0.4 is 5.32 Å². The Bertz CT molecular complexity index is 1240. The highest BCUT2D eigenvalue weighted by molar-refractivity contribution is 6.30. The lowest BCUT2D eigenvalue weighted by atomic mass is 9.63. The second kappa shape index (κ2) is 11.4. The maximum atomic E-state index is 15.2. The van der Waals surface area contributed by atoms with Crippen molar-refractivity contribution in [2.45, 2.75) is 56.8 Å². The van der Waals surface area contributed by atoms with Crippen molar-refractivity contribution in [2.24, 2.45) is 5.41 Å². The Morgan fingerprint density at radius 2 is 1.63 bits per heavy atom. The van der Waals surface area contributed by atoms with Gasteiger partial charge >= 0.3 is 18.1 Å². The largest absolute Gasteiger partial charge is 0.490 e. The van der Waals surface area contributed by atoms with E-state index in [1.165, 1.54) is 18.2 Å². The van der Waals surface area contributed by atoms with Gasteiger partial charge in [-0.2, -0.15) is 18.4 Å². The van der Waals surface area contributed by atoms with Crippen molar-refractivity contribution in [1.82, 2.24) is 5.32 Å². The van der Waals surface area contributed by atoms with Gasteiger partial charge in [-0.15, -0.1) is 0 Å². The number of carbonyl (C=O) groups is 2. The van der Waals surface area contributed by atoms with Crippen LogP contribution >= 0.6 is 23.2 Å². The van der Waals surface area contributed by atoms with Gasteiger partial charge in [0.05, 0.1) is 6.07 Å². The number of rotatable bonds is 4. The number of nitriles is 1. The molecule has 0 bridgehead atoms. The Kier molecular flexibility index (Phi) is 9.41. The highest BCUT2D eigenvalue weighted by Crippen LogP contribution is 2.52. The molecule has 2 aromatic rings. The van der Waals surface area contributed by atoms with Crippen LogP contribution in [0.25, 0.3) is 0 Å². The van der Waals surface area contributed by atoms with Gasteiger partial charge in [-0.1, -0.05) is 50.0 Å². The first-order valence-corrected chi connectivity index (χ1v) is 11.7. The first kappa shape index (κ1) is 31.3. The molecule has 38 heavy (non-hydrogen) atoms. The fourth-order valence-corrected chi connectivity index (χ4v) is 4.96. The van der Waals surface area contributed by atoms with Gasteiger partial charge in [0.1, 0.15) is 23.1 Å². The quantitative estimate of drug-likeness (QED) is 0.365. The van der Waals surface area contributed by atoms with E-state index in [-0.39, 0.29) is 26.6 Å². The molecule has 3 rings (SSSR count). The first-order valence-electron chi connectivity index (χ1n) is 10.9. The summed E-state index contributed by atoms with van der Waals surface area (Å²) in [4.78, 5) is 21.1. The van der Waals surface area contributed by atoms with Crippen molar-refractivity contribution >= 4 is 35.1 Å². The standard InChI is InChI=1S/C23H22Cl2F2N2O2.C2HF3O2/c1-22(2,3)10-18-23(11-28,16-5-4-13(24)9-17(16)27)19(20(29-18)21(30)31)12-6-14(25)8-15(26)7-12;3-2(4,5)1(6)7/h4-9,18-20,29H,10H2,1-3H3,(H,30,31);(H,6,7)/t18-,19-,20+,23-;/m0./s1. The first-order chi connectivity index (χ1) is 17.3. The number of benzene rings is 2. The van der Waals surface area contributed by atoms with Crippen LogP contribution in [-0.2, 0) is 15.0 Å². The average molecular weight is 581 g/mol. The van der Waals surface area contributed by atoms with E-state index in [0.717, 1.165) is 18.2 Å². The van der Waals surface area contributed by atoms with Crippen LogP contribution in [0, 0.1) is 28.4 Å². The maximum Gasteiger partial charge on any atom is 0.490 e. The fraction of sp³-hybridized carbons (Fsp3) is 0.400. The summed E-state index contributed by atoms with van der Waals surface area (Å²) in [5.41, 5.74) is -1.75. The van der Waals surface area contributed by atoms with Crippen LogP contribution in [0.1, 0.15) is 44.2 Å². The lowest BCUT2D eigenvalue weighted by Crippen LogP contribution is -2.44. The Morgan fingerprint density at radius 1 is 1.05 bits per heavy atom. The number of nitrogens with zero attached hydrogens (tertiary/aromatic N) is 1. The van der Waals surface area contributed by atoms with Gasteiger partial charge in [0, 0.05) is 27.6 Å². The van der Waals surface area contributed by atoms with Crippen LogP contribution in [0.2, 0.25) is 10.0 Å². The lowest BCUT2D eigenvalue weighted by Gasteiger charge is -2.37. The summed E-state index contributed by atoms with van der Waals surface area (Å²) in [5, 5.41) is 30.8. The van der Waals surface area contributed by atoms with Crippen LogP contribution in [0.4, 0.5) is 22.0 Å². The number of halogens is 7. The third-order valence-electron chi connectivity index (χ3n) is 5.89.